The monoisotopic (exact) mass is 381 g/mol. The van der Waals surface area contributed by atoms with Crippen molar-refractivity contribution in [1.29, 1.82) is 0 Å². The first-order chi connectivity index (χ1) is 13.2. The van der Waals surface area contributed by atoms with Gasteiger partial charge in [0, 0.05) is 23.1 Å². The highest BCUT2D eigenvalue weighted by molar-refractivity contribution is 7.99. The number of rotatable bonds is 7. The van der Waals surface area contributed by atoms with Gasteiger partial charge in [0.05, 0.1) is 5.71 Å². The summed E-state index contributed by atoms with van der Waals surface area (Å²) in [7, 11) is 0. The van der Waals surface area contributed by atoms with Gasteiger partial charge in [-0.05, 0) is 42.2 Å². The number of oxime groups is 1. The SMILES string of the molecule is CC(=O)ON=C(Cc1ccc(Sc2ccccc2)cc1)CC1CCCCC1. The molecule has 2 aromatic carbocycles. The van der Waals surface area contributed by atoms with Crippen LogP contribution in [-0.4, -0.2) is 11.7 Å². The Morgan fingerprint density at radius 2 is 1.67 bits per heavy atom. The second-order valence-corrected chi connectivity index (χ2v) is 8.33. The molecule has 0 saturated heterocycles. The molecule has 0 N–H and O–H groups in total. The van der Waals surface area contributed by atoms with Crippen molar-refractivity contribution in [1.82, 2.24) is 0 Å². The second kappa shape index (κ2) is 10.3. The van der Waals surface area contributed by atoms with Crippen LogP contribution in [0.2, 0.25) is 0 Å². The molecule has 1 aliphatic rings. The lowest BCUT2D eigenvalue weighted by Crippen LogP contribution is -2.15. The lowest BCUT2D eigenvalue weighted by atomic mass is 9.85. The first kappa shape index (κ1) is 19.7. The number of hydrogen-bond donors (Lipinski definition) is 0. The van der Waals surface area contributed by atoms with Crippen LogP contribution in [0.5, 0.6) is 0 Å². The fraction of sp³-hybridized carbons (Fsp3) is 0.391. The zero-order valence-corrected chi connectivity index (χ0v) is 16.7. The van der Waals surface area contributed by atoms with E-state index in [1.165, 1.54) is 54.4 Å². The molecule has 2 aromatic rings. The molecule has 0 amide bonds. The topological polar surface area (TPSA) is 38.7 Å². The van der Waals surface area contributed by atoms with Crippen LogP contribution in [0.1, 0.15) is 51.0 Å². The van der Waals surface area contributed by atoms with Gasteiger partial charge in [-0.15, -0.1) is 0 Å². The van der Waals surface area contributed by atoms with Gasteiger partial charge in [-0.1, -0.05) is 79.4 Å². The predicted octanol–water partition coefficient (Wildman–Crippen LogP) is 6.27. The fourth-order valence-electron chi connectivity index (χ4n) is 3.53. The molecule has 0 atom stereocenters. The largest absolute Gasteiger partial charge is 0.331 e. The molecule has 3 nitrogen and oxygen atoms in total. The standard InChI is InChI=1S/C23H27NO2S/c1-18(25)26-24-21(16-19-8-4-2-5-9-19)17-20-12-14-23(15-13-20)27-22-10-6-3-7-11-22/h3,6-7,10-15,19H,2,4-5,8-9,16-17H2,1H3. The van der Waals surface area contributed by atoms with Gasteiger partial charge in [0.2, 0.25) is 0 Å². The van der Waals surface area contributed by atoms with E-state index in [4.69, 9.17) is 4.84 Å². The Morgan fingerprint density at radius 1 is 1.00 bits per heavy atom. The van der Waals surface area contributed by atoms with Gasteiger partial charge in [-0.2, -0.15) is 0 Å². The quantitative estimate of drug-likeness (QED) is 0.322. The molecule has 27 heavy (non-hydrogen) atoms. The number of carbonyl (C=O) groups excluding carboxylic acids is 1. The second-order valence-electron chi connectivity index (χ2n) is 7.18. The van der Waals surface area contributed by atoms with Crippen LogP contribution >= 0.6 is 11.8 Å². The maximum atomic E-state index is 11.2. The fourth-order valence-corrected chi connectivity index (χ4v) is 4.37. The Labute approximate surface area is 166 Å². The molecule has 1 fully saturated rings. The van der Waals surface area contributed by atoms with Crippen LogP contribution in [0.25, 0.3) is 0 Å². The summed E-state index contributed by atoms with van der Waals surface area (Å²) in [5, 5.41) is 4.16. The van der Waals surface area contributed by atoms with Crippen molar-refractivity contribution in [2.24, 2.45) is 11.1 Å². The van der Waals surface area contributed by atoms with E-state index in [0.29, 0.717) is 5.92 Å². The minimum atomic E-state index is -0.356. The lowest BCUT2D eigenvalue weighted by molar-refractivity contribution is -0.141. The first-order valence-electron chi connectivity index (χ1n) is 9.74. The number of nitrogens with zero attached hydrogens (tertiary/aromatic N) is 1. The molecule has 0 bridgehead atoms. The first-order valence-corrected chi connectivity index (χ1v) is 10.6. The Hall–Kier alpha value is -2.07. The number of carbonyl (C=O) groups is 1. The molecule has 0 aliphatic heterocycles. The summed E-state index contributed by atoms with van der Waals surface area (Å²) in [5.74, 6) is 0.312. The Bertz CT molecular complexity index is 750. The van der Waals surface area contributed by atoms with Crippen LogP contribution in [0, 0.1) is 5.92 Å². The summed E-state index contributed by atoms with van der Waals surface area (Å²) in [6.07, 6.45) is 8.12. The van der Waals surface area contributed by atoms with Crippen molar-refractivity contribution >= 4 is 23.4 Å². The third kappa shape index (κ3) is 6.87. The normalized spacial score (nSPS) is 15.5. The summed E-state index contributed by atoms with van der Waals surface area (Å²) in [6, 6.07) is 19.0. The van der Waals surface area contributed by atoms with E-state index in [0.717, 1.165) is 18.6 Å². The van der Waals surface area contributed by atoms with Crippen LogP contribution in [-0.2, 0) is 16.1 Å². The van der Waals surface area contributed by atoms with Gasteiger partial charge >= 0.3 is 5.97 Å². The molecule has 4 heteroatoms. The summed E-state index contributed by atoms with van der Waals surface area (Å²) in [4.78, 5) is 18.6. The van der Waals surface area contributed by atoms with E-state index >= 15 is 0 Å². The van der Waals surface area contributed by atoms with Gasteiger partial charge in [-0.25, -0.2) is 4.79 Å². The third-order valence-electron chi connectivity index (χ3n) is 4.86. The van der Waals surface area contributed by atoms with Gasteiger partial charge in [-0.3, -0.25) is 0 Å². The Kier molecular flexibility index (Phi) is 7.52. The highest BCUT2D eigenvalue weighted by Gasteiger charge is 2.17. The van der Waals surface area contributed by atoms with Gasteiger partial charge in [0.15, 0.2) is 0 Å². The minimum Gasteiger partial charge on any atom is -0.319 e. The third-order valence-corrected chi connectivity index (χ3v) is 5.88. The molecule has 1 aliphatic carbocycles. The van der Waals surface area contributed by atoms with E-state index in [-0.39, 0.29) is 5.97 Å². The molecule has 142 valence electrons. The molecule has 0 aromatic heterocycles. The maximum absolute atomic E-state index is 11.2. The van der Waals surface area contributed by atoms with E-state index < -0.39 is 0 Å². The van der Waals surface area contributed by atoms with Crippen LogP contribution < -0.4 is 0 Å². The van der Waals surface area contributed by atoms with E-state index in [9.17, 15) is 4.79 Å². The van der Waals surface area contributed by atoms with E-state index in [1.54, 1.807) is 11.8 Å². The van der Waals surface area contributed by atoms with Gasteiger partial charge in [0.1, 0.15) is 0 Å². The van der Waals surface area contributed by atoms with Crippen LogP contribution in [0.15, 0.2) is 69.5 Å². The molecular formula is C23H27NO2S. The predicted molar refractivity (Wildman–Crippen MR) is 111 cm³/mol. The summed E-state index contributed by atoms with van der Waals surface area (Å²) in [6.45, 7) is 1.40. The molecule has 3 rings (SSSR count). The lowest BCUT2D eigenvalue weighted by Gasteiger charge is -2.22. The zero-order valence-electron chi connectivity index (χ0n) is 15.9. The van der Waals surface area contributed by atoms with E-state index in [2.05, 4.69) is 53.7 Å². The highest BCUT2D eigenvalue weighted by atomic mass is 32.2. The van der Waals surface area contributed by atoms with Gasteiger partial charge in [0.25, 0.3) is 0 Å². The van der Waals surface area contributed by atoms with Crippen LogP contribution in [0.3, 0.4) is 0 Å². The number of benzene rings is 2. The van der Waals surface area contributed by atoms with Crippen molar-refractivity contribution in [3.05, 3.63) is 60.2 Å². The van der Waals surface area contributed by atoms with Crippen molar-refractivity contribution in [3.63, 3.8) is 0 Å². The number of hydrogen-bond acceptors (Lipinski definition) is 4. The molecular weight excluding hydrogens is 354 g/mol. The Morgan fingerprint density at radius 3 is 2.33 bits per heavy atom. The van der Waals surface area contributed by atoms with Crippen molar-refractivity contribution in [2.45, 2.75) is 61.7 Å². The average Bonchev–Trinajstić information content (AvgIpc) is 2.69. The zero-order chi connectivity index (χ0) is 18.9. The van der Waals surface area contributed by atoms with Gasteiger partial charge < -0.3 is 4.84 Å². The Balaban J connectivity index is 1.63. The molecule has 0 heterocycles. The van der Waals surface area contributed by atoms with Crippen molar-refractivity contribution in [3.8, 4) is 0 Å². The van der Waals surface area contributed by atoms with Crippen molar-refractivity contribution in [2.75, 3.05) is 0 Å². The molecule has 0 radical (unpaired) electrons. The maximum Gasteiger partial charge on any atom is 0.331 e. The average molecular weight is 382 g/mol. The highest BCUT2D eigenvalue weighted by Crippen LogP contribution is 2.29. The summed E-state index contributed by atoms with van der Waals surface area (Å²) < 4.78 is 0. The van der Waals surface area contributed by atoms with E-state index in [1.807, 2.05) is 6.07 Å². The van der Waals surface area contributed by atoms with Crippen molar-refractivity contribution < 1.29 is 9.63 Å². The summed E-state index contributed by atoms with van der Waals surface area (Å²) >= 11 is 1.76. The van der Waals surface area contributed by atoms with Crippen LogP contribution in [0.4, 0.5) is 0 Å². The summed E-state index contributed by atoms with van der Waals surface area (Å²) in [5.41, 5.74) is 2.18. The smallest absolute Gasteiger partial charge is 0.319 e. The molecule has 1 saturated carbocycles. The molecule has 0 unspecified atom stereocenters. The molecule has 0 spiro atoms. The minimum absolute atomic E-state index is 0.356.